The molecule has 0 unspecified atom stereocenters. The van der Waals surface area contributed by atoms with Gasteiger partial charge in [0.25, 0.3) is 0 Å². The van der Waals surface area contributed by atoms with E-state index in [0.29, 0.717) is 0 Å². The number of thioether (sulfide) groups is 1. The number of alkyl halides is 3. The minimum absolute atomic E-state index is 0.0764. The van der Waals surface area contributed by atoms with Gasteiger partial charge in [0, 0.05) is 4.90 Å². The Balaban J connectivity index is 2.86. The van der Waals surface area contributed by atoms with E-state index >= 15 is 0 Å². The topological polar surface area (TPSA) is 0 Å². The van der Waals surface area contributed by atoms with Crippen LogP contribution in [0.1, 0.15) is 11.1 Å². The number of aryl methyl sites for hydroxylation is 2. The first kappa shape index (κ1) is 10.4. The van der Waals surface area contributed by atoms with Gasteiger partial charge in [-0.05, 0) is 48.9 Å². The standard InChI is InChI=1S/C9H9F3S/c1-6-3-4-8(5-7(6)2)13-9(10,11)12/h3-5H,1-2H3. The molecule has 1 aromatic rings. The van der Waals surface area contributed by atoms with E-state index in [1.54, 1.807) is 19.1 Å². The molecule has 0 atom stereocenters. The summed E-state index contributed by atoms with van der Waals surface area (Å²) in [5.74, 6) is 0. The average Bonchev–Trinajstić information content (AvgIpc) is 1.94. The fourth-order valence-corrected chi connectivity index (χ4v) is 1.55. The minimum Gasteiger partial charge on any atom is -0.160 e. The van der Waals surface area contributed by atoms with Gasteiger partial charge in [0.2, 0.25) is 0 Å². The van der Waals surface area contributed by atoms with Gasteiger partial charge in [-0.3, -0.25) is 0 Å². The van der Waals surface area contributed by atoms with Crippen molar-refractivity contribution in [1.82, 2.24) is 0 Å². The second-order valence-electron chi connectivity index (χ2n) is 2.79. The Hall–Kier alpha value is -0.640. The molecule has 4 heteroatoms. The van der Waals surface area contributed by atoms with Crippen LogP contribution in [0.2, 0.25) is 0 Å². The number of hydrogen-bond donors (Lipinski definition) is 0. The molecular formula is C9H9F3S. The summed E-state index contributed by atoms with van der Waals surface area (Å²) < 4.78 is 35.8. The summed E-state index contributed by atoms with van der Waals surface area (Å²) in [6.07, 6.45) is 0. The molecule has 0 bridgehead atoms. The predicted molar refractivity (Wildman–Crippen MR) is 47.8 cm³/mol. The minimum atomic E-state index is -4.19. The maximum absolute atomic E-state index is 11.9. The molecule has 0 N–H and O–H groups in total. The highest BCUT2D eigenvalue weighted by Crippen LogP contribution is 2.37. The highest BCUT2D eigenvalue weighted by atomic mass is 32.2. The van der Waals surface area contributed by atoms with Crippen LogP contribution < -0.4 is 0 Å². The molecule has 72 valence electrons. The first-order valence-corrected chi connectivity index (χ1v) is 4.53. The molecule has 0 radical (unpaired) electrons. The third kappa shape index (κ3) is 3.30. The van der Waals surface area contributed by atoms with Crippen LogP contribution in [0.3, 0.4) is 0 Å². The molecule has 13 heavy (non-hydrogen) atoms. The third-order valence-electron chi connectivity index (χ3n) is 1.71. The van der Waals surface area contributed by atoms with E-state index in [9.17, 15) is 13.2 Å². The molecule has 1 aromatic carbocycles. The van der Waals surface area contributed by atoms with E-state index in [2.05, 4.69) is 0 Å². The summed E-state index contributed by atoms with van der Waals surface area (Å²) in [4.78, 5) is 0.246. The van der Waals surface area contributed by atoms with E-state index in [0.717, 1.165) is 11.1 Å². The summed E-state index contributed by atoms with van der Waals surface area (Å²) in [6.45, 7) is 3.67. The van der Waals surface area contributed by atoms with E-state index in [1.807, 2.05) is 6.92 Å². The van der Waals surface area contributed by atoms with Crippen molar-refractivity contribution in [3.05, 3.63) is 29.3 Å². The van der Waals surface area contributed by atoms with Crippen molar-refractivity contribution in [3.8, 4) is 0 Å². The molecule has 1 rings (SSSR count). The van der Waals surface area contributed by atoms with Gasteiger partial charge >= 0.3 is 5.51 Å². The van der Waals surface area contributed by atoms with Gasteiger partial charge in [0.15, 0.2) is 0 Å². The normalized spacial score (nSPS) is 11.8. The molecule has 0 aliphatic heterocycles. The van der Waals surface area contributed by atoms with Crippen LogP contribution in [0, 0.1) is 13.8 Å². The molecule has 0 saturated carbocycles. The maximum atomic E-state index is 11.9. The smallest absolute Gasteiger partial charge is 0.160 e. The first-order valence-electron chi connectivity index (χ1n) is 3.71. The fourth-order valence-electron chi connectivity index (χ4n) is 0.911. The molecule has 0 saturated heterocycles. The van der Waals surface area contributed by atoms with Crippen LogP contribution in [-0.4, -0.2) is 5.51 Å². The Kier molecular flexibility index (Phi) is 2.91. The van der Waals surface area contributed by atoms with Gasteiger partial charge in [-0.1, -0.05) is 6.07 Å². The van der Waals surface area contributed by atoms with Crippen molar-refractivity contribution in [2.24, 2.45) is 0 Å². The Bertz CT molecular complexity index is 304. The van der Waals surface area contributed by atoms with Gasteiger partial charge < -0.3 is 0 Å². The Morgan fingerprint density at radius 3 is 2.15 bits per heavy atom. The molecule has 0 aliphatic carbocycles. The van der Waals surface area contributed by atoms with Crippen molar-refractivity contribution < 1.29 is 13.2 Å². The zero-order valence-electron chi connectivity index (χ0n) is 7.27. The van der Waals surface area contributed by atoms with Crippen molar-refractivity contribution >= 4 is 11.8 Å². The van der Waals surface area contributed by atoms with Crippen molar-refractivity contribution in [3.63, 3.8) is 0 Å². The van der Waals surface area contributed by atoms with E-state index in [-0.39, 0.29) is 16.7 Å². The molecule has 0 heterocycles. The quantitative estimate of drug-likeness (QED) is 0.627. The SMILES string of the molecule is Cc1ccc(SC(F)(F)F)cc1C. The highest BCUT2D eigenvalue weighted by Gasteiger charge is 2.29. The largest absolute Gasteiger partial charge is 0.446 e. The number of benzene rings is 1. The molecule has 0 spiro atoms. The maximum Gasteiger partial charge on any atom is 0.446 e. The monoisotopic (exact) mass is 206 g/mol. The lowest BCUT2D eigenvalue weighted by Crippen LogP contribution is -1.99. The van der Waals surface area contributed by atoms with Crippen LogP contribution in [0.4, 0.5) is 13.2 Å². The van der Waals surface area contributed by atoms with Gasteiger partial charge in [0.1, 0.15) is 0 Å². The number of halogens is 3. The Morgan fingerprint density at radius 2 is 1.69 bits per heavy atom. The molecular weight excluding hydrogens is 197 g/mol. The summed E-state index contributed by atoms with van der Waals surface area (Å²) >= 11 is -0.0764. The molecule has 0 amide bonds. The first-order chi connectivity index (χ1) is 5.88. The fraction of sp³-hybridized carbons (Fsp3) is 0.333. The summed E-state index contributed by atoms with van der Waals surface area (Å²) in [6, 6.07) is 4.73. The van der Waals surface area contributed by atoms with Crippen LogP contribution in [-0.2, 0) is 0 Å². The van der Waals surface area contributed by atoms with Crippen LogP contribution in [0.25, 0.3) is 0 Å². The van der Waals surface area contributed by atoms with E-state index in [4.69, 9.17) is 0 Å². The molecule has 0 nitrogen and oxygen atoms in total. The van der Waals surface area contributed by atoms with Crippen LogP contribution >= 0.6 is 11.8 Å². The zero-order chi connectivity index (χ0) is 10.1. The zero-order valence-corrected chi connectivity index (χ0v) is 8.09. The summed E-state index contributed by atoms with van der Waals surface area (Å²) in [5, 5.41) is 0. The lowest BCUT2D eigenvalue weighted by molar-refractivity contribution is -0.0328. The molecule has 0 fully saturated rings. The molecule has 0 aliphatic rings. The lowest BCUT2D eigenvalue weighted by Gasteiger charge is -2.07. The third-order valence-corrected chi connectivity index (χ3v) is 2.43. The Morgan fingerprint density at radius 1 is 1.08 bits per heavy atom. The second kappa shape index (κ2) is 3.62. The predicted octanol–water partition coefficient (Wildman–Crippen LogP) is 3.92. The highest BCUT2D eigenvalue weighted by molar-refractivity contribution is 8.00. The van der Waals surface area contributed by atoms with Gasteiger partial charge in [0.05, 0.1) is 0 Å². The summed E-state index contributed by atoms with van der Waals surface area (Å²) in [5.41, 5.74) is -2.30. The van der Waals surface area contributed by atoms with Crippen LogP contribution in [0.15, 0.2) is 23.1 Å². The lowest BCUT2D eigenvalue weighted by atomic mass is 10.1. The van der Waals surface area contributed by atoms with Crippen LogP contribution in [0.5, 0.6) is 0 Å². The summed E-state index contributed by atoms with van der Waals surface area (Å²) in [7, 11) is 0. The molecule has 0 aromatic heterocycles. The van der Waals surface area contributed by atoms with Crippen molar-refractivity contribution in [1.29, 1.82) is 0 Å². The van der Waals surface area contributed by atoms with Gasteiger partial charge in [-0.25, -0.2) is 0 Å². The Labute approximate surface area is 79.1 Å². The van der Waals surface area contributed by atoms with E-state index < -0.39 is 5.51 Å². The number of hydrogen-bond acceptors (Lipinski definition) is 1. The second-order valence-corrected chi connectivity index (χ2v) is 3.93. The average molecular weight is 206 g/mol. The van der Waals surface area contributed by atoms with Gasteiger partial charge in [-0.2, -0.15) is 13.2 Å². The van der Waals surface area contributed by atoms with Crippen molar-refractivity contribution in [2.75, 3.05) is 0 Å². The van der Waals surface area contributed by atoms with Gasteiger partial charge in [-0.15, -0.1) is 0 Å². The number of rotatable bonds is 1. The van der Waals surface area contributed by atoms with Crippen molar-refractivity contribution in [2.45, 2.75) is 24.3 Å². The van der Waals surface area contributed by atoms with E-state index in [1.165, 1.54) is 6.07 Å².